The Morgan fingerprint density at radius 3 is 2.55 bits per heavy atom. The van der Waals surface area contributed by atoms with Crippen molar-refractivity contribution >= 4 is 28.0 Å². The van der Waals surface area contributed by atoms with Gasteiger partial charge in [0.15, 0.2) is 5.54 Å². The monoisotopic (exact) mass is 348 g/mol. The molecule has 7 heteroatoms. The fourth-order valence-corrected chi connectivity index (χ4v) is 2.45. The summed E-state index contributed by atoms with van der Waals surface area (Å²) in [4.78, 5) is 25.3. The van der Waals surface area contributed by atoms with E-state index in [9.17, 15) is 14.7 Å². The van der Waals surface area contributed by atoms with Gasteiger partial charge >= 0.3 is 12.1 Å². The Hall–Kier alpha value is -1.08. The van der Waals surface area contributed by atoms with E-state index in [-0.39, 0.29) is 6.54 Å². The van der Waals surface area contributed by atoms with Crippen LogP contribution in [0.15, 0.2) is 11.1 Å². The van der Waals surface area contributed by atoms with Crippen molar-refractivity contribution < 1.29 is 19.4 Å². The quantitative estimate of drug-likeness (QED) is 0.811. The van der Waals surface area contributed by atoms with Gasteiger partial charge in [0, 0.05) is 24.1 Å². The van der Waals surface area contributed by atoms with E-state index < -0.39 is 23.2 Å². The maximum atomic E-state index is 11.8. The Labute approximate surface area is 127 Å². The van der Waals surface area contributed by atoms with E-state index in [0.29, 0.717) is 19.5 Å². The van der Waals surface area contributed by atoms with Crippen LogP contribution in [0.25, 0.3) is 0 Å². The molecule has 1 rings (SSSR count). The van der Waals surface area contributed by atoms with E-state index in [4.69, 9.17) is 4.74 Å². The number of rotatable bonds is 4. The van der Waals surface area contributed by atoms with Crippen LogP contribution in [-0.4, -0.2) is 52.8 Å². The van der Waals surface area contributed by atoms with Crippen molar-refractivity contribution in [3.05, 3.63) is 11.1 Å². The van der Waals surface area contributed by atoms with Crippen LogP contribution >= 0.6 is 15.9 Å². The number of halogens is 1. The number of carbonyl (C=O) groups is 2. The molecule has 1 unspecified atom stereocenters. The van der Waals surface area contributed by atoms with Crippen LogP contribution in [0.3, 0.4) is 0 Å². The lowest BCUT2D eigenvalue weighted by Crippen LogP contribution is -2.57. The topological polar surface area (TPSA) is 78.9 Å². The van der Waals surface area contributed by atoms with Gasteiger partial charge in [0.25, 0.3) is 0 Å². The molecule has 0 aromatic heterocycles. The second-order valence-corrected chi connectivity index (χ2v) is 7.11. The molecule has 0 saturated carbocycles. The van der Waals surface area contributed by atoms with Gasteiger partial charge in [0.2, 0.25) is 0 Å². The maximum absolute atomic E-state index is 11.8. The van der Waals surface area contributed by atoms with E-state index in [0.717, 1.165) is 4.48 Å². The maximum Gasteiger partial charge on any atom is 0.408 e. The van der Waals surface area contributed by atoms with Crippen molar-refractivity contribution in [3.63, 3.8) is 0 Å². The number of likely N-dealkylation sites (tertiary alicyclic amines) is 1. The summed E-state index contributed by atoms with van der Waals surface area (Å²) in [5.41, 5.74) is -1.96. The van der Waals surface area contributed by atoms with Crippen LogP contribution in [0, 0.1) is 0 Å². The minimum Gasteiger partial charge on any atom is -0.479 e. The standard InChI is InChI=1S/C13H21BrN2O4/c1-9(14)7-16-6-5-13(8-16,10(17)18)15-11(19)20-12(2,3)4/h1,5-8H2,2-4H3,(H,15,19)(H,17,18). The van der Waals surface area contributed by atoms with Crippen molar-refractivity contribution in [1.82, 2.24) is 10.2 Å². The van der Waals surface area contributed by atoms with E-state index in [1.54, 1.807) is 20.8 Å². The number of ether oxygens (including phenoxy) is 1. The lowest BCUT2D eigenvalue weighted by molar-refractivity contribution is -0.144. The highest BCUT2D eigenvalue weighted by atomic mass is 79.9. The van der Waals surface area contributed by atoms with Gasteiger partial charge in [-0.1, -0.05) is 22.5 Å². The summed E-state index contributed by atoms with van der Waals surface area (Å²) in [6.45, 7) is 10.3. The van der Waals surface area contributed by atoms with Gasteiger partial charge in [0.1, 0.15) is 5.60 Å². The van der Waals surface area contributed by atoms with Crippen LogP contribution in [0.4, 0.5) is 4.79 Å². The molecule has 1 saturated heterocycles. The molecule has 1 amide bonds. The van der Waals surface area contributed by atoms with Gasteiger partial charge < -0.3 is 15.2 Å². The zero-order valence-corrected chi connectivity index (χ0v) is 13.6. The normalized spacial score (nSPS) is 23.4. The summed E-state index contributed by atoms with van der Waals surface area (Å²) in [6, 6.07) is 0. The predicted octanol–water partition coefficient (Wildman–Crippen LogP) is 1.95. The molecule has 1 fully saturated rings. The fraction of sp³-hybridized carbons (Fsp3) is 0.692. The third-order valence-corrected chi connectivity index (χ3v) is 3.14. The Morgan fingerprint density at radius 1 is 1.50 bits per heavy atom. The first-order valence-corrected chi connectivity index (χ1v) is 7.13. The van der Waals surface area contributed by atoms with E-state index >= 15 is 0 Å². The van der Waals surface area contributed by atoms with Crippen molar-refractivity contribution in [2.75, 3.05) is 19.6 Å². The first-order chi connectivity index (χ1) is 9.04. The van der Waals surface area contributed by atoms with Gasteiger partial charge in [-0.3, -0.25) is 4.90 Å². The molecule has 1 atom stereocenters. The van der Waals surface area contributed by atoms with Crippen molar-refractivity contribution in [2.24, 2.45) is 0 Å². The molecule has 114 valence electrons. The minimum absolute atomic E-state index is 0.228. The zero-order valence-electron chi connectivity index (χ0n) is 12.0. The van der Waals surface area contributed by atoms with Crippen LogP contribution in [0.2, 0.25) is 0 Å². The fourth-order valence-electron chi connectivity index (χ4n) is 2.10. The highest BCUT2D eigenvalue weighted by molar-refractivity contribution is 9.11. The number of nitrogens with one attached hydrogen (secondary N) is 1. The summed E-state index contributed by atoms with van der Waals surface area (Å²) < 4.78 is 5.91. The first kappa shape index (κ1) is 17.0. The molecule has 1 heterocycles. The SMILES string of the molecule is C=C(Br)CN1CCC(NC(=O)OC(C)(C)C)(C(=O)O)C1. The Bertz CT molecular complexity index is 419. The van der Waals surface area contributed by atoms with Gasteiger partial charge in [0.05, 0.1) is 0 Å². The highest BCUT2D eigenvalue weighted by Crippen LogP contribution is 2.24. The van der Waals surface area contributed by atoms with Gasteiger partial charge in [-0.05, 0) is 27.2 Å². The third kappa shape index (κ3) is 4.79. The highest BCUT2D eigenvalue weighted by Gasteiger charge is 2.46. The van der Waals surface area contributed by atoms with Crippen LogP contribution in [-0.2, 0) is 9.53 Å². The third-order valence-electron chi connectivity index (χ3n) is 2.89. The van der Waals surface area contributed by atoms with Crippen LogP contribution in [0.5, 0.6) is 0 Å². The number of carboxylic acid groups (broad SMARTS) is 1. The Balaban J connectivity index is 2.73. The number of hydrogen-bond donors (Lipinski definition) is 2. The molecule has 0 aromatic rings. The average molecular weight is 349 g/mol. The zero-order chi connectivity index (χ0) is 15.6. The summed E-state index contributed by atoms with van der Waals surface area (Å²) in [7, 11) is 0. The summed E-state index contributed by atoms with van der Waals surface area (Å²) in [5, 5.41) is 11.9. The molecule has 0 bridgehead atoms. The van der Waals surface area contributed by atoms with Crippen molar-refractivity contribution in [2.45, 2.75) is 38.3 Å². The smallest absolute Gasteiger partial charge is 0.408 e. The van der Waals surface area contributed by atoms with E-state index in [1.807, 2.05) is 4.90 Å². The molecule has 1 aliphatic rings. The molecular weight excluding hydrogens is 328 g/mol. The van der Waals surface area contributed by atoms with Crippen molar-refractivity contribution in [1.29, 1.82) is 0 Å². The average Bonchev–Trinajstić information content (AvgIpc) is 2.58. The lowest BCUT2D eigenvalue weighted by Gasteiger charge is -2.28. The Morgan fingerprint density at radius 2 is 2.10 bits per heavy atom. The molecule has 0 aromatic carbocycles. The first-order valence-electron chi connectivity index (χ1n) is 6.34. The van der Waals surface area contributed by atoms with Crippen LogP contribution in [0.1, 0.15) is 27.2 Å². The summed E-state index contributed by atoms with van der Waals surface area (Å²) in [6.07, 6.45) is -0.374. The number of alkyl carbamates (subject to hydrolysis) is 1. The molecule has 1 aliphatic heterocycles. The van der Waals surface area contributed by atoms with Gasteiger partial charge in [-0.2, -0.15) is 0 Å². The second kappa shape index (κ2) is 6.13. The number of carbonyl (C=O) groups excluding carboxylic acids is 1. The molecule has 20 heavy (non-hydrogen) atoms. The number of amides is 1. The number of carboxylic acids is 1. The molecule has 0 radical (unpaired) electrons. The largest absolute Gasteiger partial charge is 0.479 e. The molecule has 2 N–H and O–H groups in total. The Kier molecular flexibility index (Phi) is 5.21. The lowest BCUT2D eigenvalue weighted by atomic mass is 9.99. The van der Waals surface area contributed by atoms with E-state index in [1.165, 1.54) is 0 Å². The molecule has 6 nitrogen and oxygen atoms in total. The van der Waals surface area contributed by atoms with E-state index in [2.05, 4.69) is 27.8 Å². The number of aliphatic carboxylic acids is 1. The summed E-state index contributed by atoms with van der Waals surface area (Å²) in [5.74, 6) is -1.05. The molecular formula is C13H21BrN2O4. The number of nitrogens with zero attached hydrogens (tertiary/aromatic N) is 1. The molecule has 0 spiro atoms. The second-order valence-electron chi connectivity index (χ2n) is 5.99. The van der Waals surface area contributed by atoms with Crippen molar-refractivity contribution in [3.8, 4) is 0 Å². The number of hydrogen-bond acceptors (Lipinski definition) is 4. The minimum atomic E-state index is -1.30. The van der Waals surface area contributed by atoms with Gasteiger partial charge in [-0.15, -0.1) is 0 Å². The predicted molar refractivity (Wildman–Crippen MR) is 78.9 cm³/mol. The van der Waals surface area contributed by atoms with Crippen LogP contribution < -0.4 is 5.32 Å². The van der Waals surface area contributed by atoms with Gasteiger partial charge in [-0.25, -0.2) is 9.59 Å². The molecule has 0 aliphatic carbocycles. The summed E-state index contributed by atoms with van der Waals surface area (Å²) >= 11 is 3.25.